The predicted molar refractivity (Wildman–Crippen MR) is 122 cm³/mol. The summed E-state index contributed by atoms with van der Waals surface area (Å²) in [5, 5.41) is 9.51. The molecule has 3 N–H and O–H groups in total. The molecule has 8 heteroatoms. The van der Waals surface area contributed by atoms with Gasteiger partial charge in [-0.15, -0.1) is 0 Å². The van der Waals surface area contributed by atoms with Crippen LogP contribution in [0.3, 0.4) is 0 Å². The molecule has 8 nitrogen and oxygen atoms in total. The molecular weight excluding hydrogens is 392 g/mol. The van der Waals surface area contributed by atoms with E-state index < -0.39 is 0 Å². The zero-order valence-electron chi connectivity index (χ0n) is 17.9. The van der Waals surface area contributed by atoms with E-state index in [1.807, 2.05) is 43.3 Å². The van der Waals surface area contributed by atoms with Gasteiger partial charge in [0.05, 0.1) is 18.8 Å². The Labute approximate surface area is 180 Å². The van der Waals surface area contributed by atoms with Crippen molar-refractivity contribution in [3.05, 3.63) is 81.3 Å². The van der Waals surface area contributed by atoms with Crippen molar-refractivity contribution in [1.29, 1.82) is 0 Å². The number of aromatic nitrogens is 4. The standard InChI is InChI=1S/C23H26N6O2/c1-4-31-19-10-8-17(9-11-19)13-25-22-27-23-26-18(12-21(30)29(23)28-22)14-24-20-7-5-6-15(2)16(20)3/h5-12,24H,4,13-14H2,1-3H3,(H2,25,26,27,28). The molecule has 0 bridgehead atoms. The second kappa shape index (κ2) is 8.91. The van der Waals surface area contributed by atoms with Gasteiger partial charge in [-0.25, -0.2) is 4.98 Å². The van der Waals surface area contributed by atoms with Gasteiger partial charge in [0.15, 0.2) is 0 Å². The SMILES string of the molecule is CCOc1ccc(CNc2nc3nc(CNc4cccc(C)c4C)cc(=O)n3[nH]2)cc1. The minimum absolute atomic E-state index is 0.204. The summed E-state index contributed by atoms with van der Waals surface area (Å²) in [4.78, 5) is 21.4. The average Bonchev–Trinajstić information content (AvgIpc) is 3.18. The van der Waals surface area contributed by atoms with Crippen LogP contribution in [-0.2, 0) is 13.1 Å². The Balaban J connectivity index is 1.45. The number of hydrogen-bond acceptors (Lipinski definition) is 6. The lowest BCUT2D eigenvalue weighted by molar-refractivity contribution is 0.340. The first-order chi connectivity index (χ1) is 15.0. The lowest BCUT2D eigenvalue weighted by atomic mass is 10.1. The molecule has 0 atom stereocenters. The second-order valence-corrected chi connectivity index (χ2v) is 7.32. The number of nitrogens with zero attached hydrogens (tertiary/aromatic N) is 3. The highest BCUT2D eigenvalue weighted by Crippen LogP contribution is 2.18. The molecule has 2 aromatic carbocycles. The van der Waals surface area contributed by atoms with Crippen LogP contribution in [0.5, 0.6) is 5.75 Å². The van der Waals surface area contributed by atoms with Gasteiger partial charge in [-0.05, 0) is 55.7 Å². The molecule has 31 heavy (non-hydrogen) atoms. The molecule has 0 spiro atoms. The summed E-state index contributed by atoms with van der Waals surface area (Å²) in [5.41, 5.74) is 4.93. The van der Waals surface area contributed by atoms with E-state index in [1.165, 1.54) is 21.7 Å². The van der Waals surface area contributed by atoms with Crippen LogP contribution in [0.15, 0.2) is 53.3 Å². The molecule has 0 aliphatic heterocycles. The van der Waals surface area contributed by atoms with Crippen molar-refractivity contribution in [1.82, 2.24) is 19.6 Å². The van der Waals surface area contributed by atoms with Crippen LogP contribution >= 0.6 is 0 Å². The van der Waals surface area contributed by atoms with Gasteiger partial charge >= 0.3 is 0 Å². The Hall–Kier alpha value is -3.81. The molecule has 0 saturated carbocycles. The molecule has 4 aromatic rings. The summed E-state index contributed by atoms with van der Waals surface area (Å²) in [5.74, 6) is 1.66. The van der Waals surface area contributed by atoms with Crippen LogP contribution < -0.4 is 20.9 Å². The summed E-state index contributed by atoms with van der Waals surface area (Å²) in [6.45, 7) is 7.74. The van der Waals surface area contributed by atoms with Gasteiger partial charge in [-0.3, -0.25) is 9.89 Å². The number of H-pyrrole nitrogens is 1. The molecule has 160 valence electrons. The van der Waals surface area contributed by atoms with Crippen LogP contribution in [0, 0.1) is 13.8 Å². The first-order valence-electron chi connectivity index (χ1n) is 10.3. The summed E-state index contributed by atoms with van der Waals surface area (Å²) >= 11 is 0. The lowest BCUT2D eigenvalue weighted by Crippen LogP contribution is -2.17. The summed E-state index contributed by atoms with van der Waals surface area (Å²) in [7, 11) is 0. The minimum atomic E-state index is -0.204. The number of anilines is 2. The first kappa shape index (κ1) is 20.5. The monoisotopic (exact) mass is 418 g/mol. The molecule has 2 heterocycles. The van der Waals surface area contributed by atoms with Crippen molar-refractivity contribution >= 4 is 17.4 Å². The largest absolute Gasteiger partial charge is 0.494 e. The maximum absolute atomic E-state index is 12.5. The van der Waals surface area contributed by atoms with E-state index in [-0.39, 0.29) is 5.56 Å². The van der Waals surface area contributed by atoms with E-state index in [0.717, 1.165) is 17.0 Å². The number of ether oxygens (including phenoxy) is 1. The van der Waals surface area contributed by atoms with Crippen LogP contribution in [0.4, 0.5) is 11.6 Å². The van der Waals surface area contributed by atoms with Crippen molar-refractivity contribution in [3.8, 4) is 5.75 Å². The number of hydrogen-bond donors (Lipinski definition) is 3. The Morgan fingerprint density at radius 3 is 2.61 bits per heavy atom. The van der Waals surface area contributed by atoms with Gasteiger partial charge in [0.1, 0.15) is 5.75 Å². The fraction of sp³-hybridized carbons (Fsp3) is 0.261. The topological polar surface area (TPSA) is 96.3 Å². The highest BCUT2D eigenvalue weighted by Gasteiger charge is 2.09. The molecule has 0 aliphatic rings. The number of aromatic amines is 1. The number of rotatable bonds is 8. The summed E-state index contributed by atoms with van der Waals surface area (Å²) in [6.07, 6.45) is 0. The van der Waals surface area contributed by atoms with Crippen molar-refractivity contribution in [2.24, 2.45) is 0 Å². The molecule has 0 saturated heterocycles. The van der Waals surface area contributed by atoms with Crippen molar-refractivity contribution in [2.45, 2.75) is 33.9 Å². The molecule has 0 unspecified atom stereocenters. The Kier molecular flexibility index (Phi) is 5.88. The Morgan fingerprint density at radius 1 is 1.03 bits per heavy atom. The third-order valence-corrected chi connectivity index (χ3v) is 5.14. The maximum atomic E-state index is 12.5. The zero-order valence-corrected chi connectivity index (χ0v) is 17.9. The summed E-state index contributed by atoms with van der Waals surface area (Å²) in [6, 6.07) is 15.4. The van der Waals surface area contributed by atoms with Crippen LogP contribution in [0.1, 0.15) is 29.3 Å². The maximum Gasteiger partial charge on any atom is 0.274 e. The third kappa shape index (κ3) is 4.69. The van der Waals surface area contributed by atoms with E-state index in [4.69, 9.17) is 4.74 Å². The van der Waals surface area contributed by atoms with Gasteiger partial charge in [0, 0.05) is 18.3 Å². The van der Waals surface area contributed by atoms with Gasteiger partial charge in [0.25, 0.3) is 11.3 Å². The van der Waals surface area contributed by atoms with Crippen LogP contribution in [0.25, 0.3) is 5.78 Å². The number of fused-ring (bicyclic) bond motifs is 1. The second-order valence-electron chi connectivity index (χ2n) is 7.32. The number of aryl methyl sites for hydroxylation is 1. The highest BCUT2D eigenvalue weighted by molar-refractivity contribution is 5.53. The van der Waals surface area contributed by atoms with Gasteiger partial charge < -0.3 is 15.4 Å². The van der Waals surface area contributed by atoms with E-state index in [1.54, 1.807) is 0 Å². The molecular formula is C23H26N6O2. The minimum Gasteiger partial charge on any atom is -0.494 e. The molecule has 4 rings (SSSR count). The van der Waals surface area contributed by atoms with E-state index in [9.17, 15) is 4.79 Å². The molecule has 2 aromatic heterocycles. The third-order valence-electron chi connectivity index (χ3n) is 5.14. The fourth-order valence-electron chi connectivity index (χ4n) is 3.28. The van der Waals surface area contributed by atoms with Crippen LogP contribution in [0.2, 0.25) is 0 Å². The van der Waals surface area contributed by atoms with Gasteiger partial charge in [-0.1, -0.05) is 24.3 Å². The van der Waals surface area contributed by atoms with E-state index >= 15 is 0 Å². The quantitative estimate of drug-likeness (QED) is 0.404. The first-order valence-corrected chi connectivity index (χ1v) is 10.3. The van der Waals surface area contributed by atoms with Crippen LogP contribution in [-0.4, -0.2) is 26.2 Å². The summed E-state index contributed by atoms with van der Waals surface area (Å²) < 4.78 is 6.79. The average molecular weight is 419 g/mol. The Morgan fingerprint density at radius 2 is 1.84 bits per heavy atom. The zero-order chi connectivity index (χ0) is 21.8. The van der Waals surface area contributed by atoms with E-state index in [2.05, 4.69) is 45.6 Å². The van der Waals surface area contributed by atoms with Gasteiger partial charge in [0.2, 0.25) is 5.95 Å². The van der Waals surface area contributed by atoms with Gasteiger partial charge in [-0.2, -0.15) is 9.50 Å². The Bertz CT molecular complexity index is 1240. The normalized spacial score (nSPS) is 10.9. The lowest BCUT2D eigenvalue weighted by Gasteiger charge is -2.10. The molecule has 0 aliphatic carbocycles. The number of nitrogens with one attached hydrogen (secondary N) is 3. The fourth-order valence-corrected chi connectivity index (χ4v) is 3.28. The molecule has 0 radical (unpaired) electrons. The van der Waals surface area contributed by atoms with E-state index in [0.29, 0.717) is 37.1 Å². The highest BCUT2D eigenvalue weighted by atomic mass is 16.5. The predicted octanol–water partition coefficient (Wildman–Crippen LogP) is 3.66. The van der Waals surface area contributed by atoms with Crippen molar-refractivity contribution < 1.29 is 4.74 Å². The number of benzene rings is 2. The molecule has 0 fully saturated rings. The molecule has 0 amide bonds. The smallest absolute Gasteiger partial charge is 0.274 e. The van der Waals surface area contributed by atoms with Crippen molar-refractivity contribution in [2.75, 3.05) is 17.2 Å². The van der Waals surface area contributed by atoms with Crippen molar-refractivity contribution in [3.63, 3.8) is 0 Å².